The molecule has 0 N–H and O–H groups in total. The van der Waals surface area contributed by atoms with Crippen LogP contribution in [-0.4, -0.2) is 6.29 Å². The molecular formula is C16H32O5P2+2. The Morgan fingerprint density at radius 1 is 0.652 bits per heavy atom. The van der Waals surface area contributed by atoms with Crippen LogP contribution in [0.1, 0.15) is 96.8 Å². The molecule has 7 heteroatoms. The lowest BCUT2D eigenvalue weighted by molar-refractivity contribution is -0.0222. The molecule has 2 unspecified atom stereocenters. The maximum atomic E-state index is 11.1. The summed E-state index contributed by atoms with van der Waals surface area (Å²) in [6.45, 7) is 2.26. The third kappa shape index (κ3) is 12.1. The fourth-order valence-electron chi connectivity index (χ4n) is 2.74. The molecule has 0 aliphatic carbocycles. The van der Waals surface area contributed by atoms with Crippen molar-refractivity contribution >= 4 is 16.5 Å². The predicted octanol–water partition coefficient (Wildman–Crippen LogP) is 7.17. The predicted molar refractivity (Wildman–Crippen MR) is 92.6 cm³/mol. The van der Waals surface area contributed by atoms with Gasteiger partial charge < -0.3 is 0 Å². The van der Waals surface area contributed by atoms with Crippen LogP contribution in [0.4, 0.5) is 0 Å². The molecule has 0 bridgehead atoms. The quantitative estimate of drug-likeness (QED) is 0.241. The molecule has 23 heavy (non-hydrogen) atoms. The second kappa shape index (κ2) is 14.4. The van der Waals surface area contributed by atoms with E-state index in [1.807, 2.05) is 0 Å². The summed E-state index contributed by atoms with van der Waals surface area (Å²) in [6, 6.07) is 0. The zero-order chi connectivity index (χ0) is 16.8. The molecule has 0 aromatic heterocycles. The molecule has 134 valence electrons. The van der Waals surface area contributed by atoms with Gasteiger partial charge in [-0.1, -0.05) is 93.0 Å². The van der Waals surface area contributed by atoms with E-state index in [2.05, 4.69) is 11.2 Å². The maximum absolute atomic E-state index is 11.1. The first-order valence-electron chi connectivity index (χ1n) is 9.18. The Morgan fingerprint density at radius 3 is 1.48 bits per heavy atom. The van der Waals surface area contributed by atoms with Crippen molar-refractivity contribution in [2.24, 2.45) is 0 Å². The molecule has 1 heterocycles. The summed E-state index contributed by atoms with van der Waals surface area (Å²) in [5.74, 6) is 0. The van der Waals surface area contributed by atoms with E-state index in [1.165, 1.54) is 70.6 Å². The Balaban J connectivity index is 1.79. The number of hydrogen-bond donors (Lipinski definition) is 0. The largest absolute Gasteiger partial charge is 0.750 e. The van der Waals surface area contributed by atoms with Crippen LogP contribution in [0, 0.1) is 0 Å². The van der Waals surface area contributed by atoms with Gasteiger partial charge in [0, 0.05) is 15.6 Å². The van der Waals surface area contributed by atoms with Crippen molar-refractivity contribution in [2.45, 2.75) is 103 Å². The van der Waals surface area contributed by atoms with Gasteiger partial charge in [0.2, 0.25) is 0 Å². The molecule has 0 aromatic carbocycles. The molecule has 1 saturated heterocycles. The molecule has 1 rings (SSSR count). The van der Waals surface area contributed by atoms with Gasteiger partial charge in [-0.25, -0.2) is 0 Å². The number of rotatable bonds is 14. The summed E-state index contributed by atoms with van der Waals surface area (Å²) in [5, 5.41) is 0. The van der Waals surface area contributed by atoms with E-state index in [9.17, 15) is 9.13 Å². The van der Waals surface area contributed by atoms with Crippen molar-refractivity contribution in [1.29, 1.82) is 0 Å². The molecule has 0 spiro atoms. The summed E-state index contributed by atoms with van der Waals surface area (Å²) < 4.78 is 36.4. The van der Waals surface area contributed by atoms with E-state index in [-0.39, 0.29) is 0 Å². The monoisotopic (exact) mass is 366 g/mol. The van der Waals surface area contributed by atoms with Crippen molar-refractivity contribution < 1.29 is 22.5 Å². The molecule has 0 saturated carbocycles. The molecule has 2 atom stereocenters. The summed E-state index contributed by atoms with van der Waals surface area (Å²) in [7, 11) is -4.54. The van der Waals surface area contributed by atoms with Crippen LogP contribution in [0.15, 0.2) is 0 Å². The van der Waals surface area contributed by atoms with Crippen LogP contribution in [0.2, 0.25) is 0 Å². The van der Waals surface area contributed by atoms with Crippen molar-refractivity contribution in [3.63, 3.8) is 0 Å². The van der Waals surface area contributed by atoms with Crippen LogP contribution in [0.3, 0.4) is 0 Å². The second-order valence-electron chi connectivity index (χ2n) is 6.20. The standard InChI is InChI=1S/C16H32O5P2/c1-2-3-4-5-6-7-8-9-10-11-12-13-14-15-16-19-22(17)21-23(18)20-16/h16H,2-15H2,1H3/q+2. The molecule has 0 radical (unpaired) electrons. The lowest BCUT2D eigenvalue weighted by Gasteiger charge is -2.05. The highest BCUT2D eigenvalue weighted by molar-refractivity contribution is 7.48. The van der Waals surface area contributed by atoms with Crippen LogP contribution in [0.25, 0.3) is 0 Å². The molecule has 1 fully saturated rings. The summed E-state index contributed by atoms with van der Waals surface area (Å²) >= 11 is 0. The minimum atomic E-state index is -2.27. The minimum Gasteiger partial charge on any atom is -0.0789 e. The third-order valence-corrected chi connectivity index (χ3v) is 5.97. The Morgan fingerprint density at radius 2 is 1.04 bits per heavy atom. The van der Waals surface area contributed by atoms with Crippen molar-refractivity contribution in [2.75, 3.05) is 0 Å². The maximum Gasteiger partial charge on any atom is 0.750 e. The Kier molecular flexibility index (Phi) is 13.2. The highest BCUT2D eigenvalue weighted by Gasteiger charge is 2.51. The van der Waals surface area contributed by atoms with E-state index >= 15 is 0 Å². The first-order chi connectivity index (χ1) is 11.2. The Hall–Kier alpha value is 0.0800. The first-order valence-corrected chi connectivity index (χ1v) is 11.4. The fraction of sp³-hybridized carbons (Fsp3) is 1.00. The SMILES string of the molecule is CCCCCCCCCCCCCCCC1O[P+](=O)O[P+](=O)O1. The highest BCUT2D eigenvalue weighted by Crippen LogP contribution is 2.48. The average Bonchev–Trinajstić information content (AvgIpc) is 2.51. The van der Waals surface area contributed by atoms with Crippen LogP contribution < -0.4 is 0 Å². The summed E-state index contributed by atoms with van der Waals surface area (Å²) in [4.78, 5) is 0. The highest BCUT2D eigenvalue weighted by atomic mass is 31.2. The van der Waals surface area contributed by atoms with E-state index < -0.39 is 22.8 Å². The molecular weight excluding hydrogens is 334 g/mol. The molecule has 1 aliphatic rings. The lowest BCUT2D eigenvalue weighted by Crippen LogP contribution is -2.13. The lowest BCUT2D eigenvalue weighted by atomic mass is 10.0. The average molecular weight is 366 g/mol. The van der Waals surface area contributed by atoms with Crippen molar-refractivity contribution in [3.05, 3.63) is 0 Å². The Labute approximate surface area is 142 Å². The van der Waals surface area contributed by atoms with Crippen molar-refractivity contribution in [1.82, 2.24) is 0 Å². The number of unbranched alkanes of at least 4 members (excludes halogenated alkanes) is 12. The van der Waals surface area contributed by atoms with E-state index in [4.69, 9.17) is 9.05 Å². The van der Waals surface area contributed by atoms with E-state index in [1.54, 1.807) is 0 Å². The van der Waals surface area contributed by atoms with Gasteiger partial charge in [-0.3, -0.25) is 0 Å². The van der Waals surface area contributed by atoms with Gasteiger partial charge in [-0.05, 0) is 6.42 Å². The van der Waals surface area contributed by atoms with Crippen molar-refractivity contribution in [3.8, 4) is 0 Å². The van der Waals surface area contributed by atoms with Crippen LogP contribution >= 0.6 is 16.5 Å². The van der Waals surface area contributed by atoms with Gasteiger partial charge in [-0.15, -0.1) is 0 Å². The van der Waals surface area contributed by atoms with Crippen LogP contribution in [0.5, 0.6) is 0 Å². The van der Waals surface area contributed by atoms with E-state index in [0.29, 0.717) is 6.42 Å². The summed E-state index contributed by atoms with van der Waals surface area (Å²) in [5.41, 5.74) is 0. The van der Waals surface area contributed by atoms with E-state index in [0.717, 1.165) is 12.8 Å². The van der Waals surface area contributed by atoms with Gasteiger partial charge in [-0.2, -0.15) is 0 Å². The van der Waals surface area contributed by atoms with Gasteiger partial charge in [0.15, 0.2) is 4.31 Å². The zero-order valence-corrected chi connectivity index (χ0v) is 16.2. The topological polar surface area (TPSA) is 61.8 Å². The molecule has 0 aromatic rings. The first kappa shape index (κ1) is 21.1. The molecule has 1 aliphatic heterocycles. The normalized spacial score (nSPS) is 21.7. The molecule has 0 amide bonds. The minimum absolute atomic E-state index is 0.628. The van der Waals surface area contributed by atoms with Gasteiger partial charge >= 0.3 is 16.5 Å². The third-order valence-electron chi connectivity index (χ3n) is 4.08. The fourth-order valence-corrected chi connectivity index (χ4v) is 4.23. The van der Waals surface area contributed by atoms with Gasteiger partial charge in [0.25, 0.3) is 6.29 Å². The van der Waals surface area contributed by atoms with Crippen LogP contribution in [-0.2, 0) is 22.5 Å². The van der Waals surface area contributed by atoms with Gasteiger partial charge in [0.1, 0.15) is 0 Å². The zero-order valence-electron chi connectivity index (χ0n) is 14.4. The number of hydrogen-bond acceptors (Lipinski definition) is 5. The summed E-state index contributed by atoms with van der Waals surface area (Å²) in [6.07, 6.45) is 16.9. The molecule has 5 nitrogen and oxygen atoms in total. The van der Waals surface area contributed by atoms with Gasteiger partial charge in [0.05, 0.1) is 0 Å². The Bertz CT molecular complexity index is 322. The smallest absolute Gasteiger partial charge is 0.0789 e. The second-order valence-corrected chi connectivity index (χ2v) is 8.17.